The third kappa shape index (κ3) is 3.79. The zero-order valence-corrected chi connectivity index (χ0v) is 9.60. The highest BCUT2D eigenvalue weighted by Crippen LogP contribution is 2.07. The minimum atomic E-state index is -1.07. The fraction of sp³-hybridized carbons (Fsp3) is 0.333. The summed E-state index contributed by atoms with van der Waals surface area (Å²) in [5, 5.41) is 11.3. The number of allylic oxidation sites excluding steroid dienone is 1. The van der Waals surface area contributed by atoms with Gasteiger partial charge in [-0.25, -0.2) is 4.79 Å². The van der Waals surface area contributed by atoms with Gasteiger partial charge in [-0.15, -0.1) is 6.58 Å². The standard InChI is InChI=1S/C12H15NO4/c1-3-4-5-9(12(15)16)13-11(14)10-7-6-8(2)17-10/h3,6-7,9H,1,4-5H2,2H3,(H,13,14)(H,15,16). The number of hydrogen-bond acceptors (Lipinski definition) is 3. The Hall–Kier alpha value is -2.04. The molecule has 5 nitrogen and oxygen atoms in total. The van der Waals surface area contributed by atoms with Crippen molar-refractivity contribution in [2.24, 2.45) is 0 Å². The van der Waals surface area contributed by atoms with Crippen LogP contribution in [0.5, 0.6) is 0 Å². The van der Waals surface area contributed by atoms with Crippen LogP contribution >= 0.6 is 0 Å². The SMILES string of the molecule is C=CCCC(NC(=O)c1ccc(C)o1)C(=O)O. The lowest BCUT2D eigenvalue weighted by Gasteiger charge is -2.12. The van der Waals surface area contributed by atoms with Crippen molar-refractivity contribution in [2.75, 3.05) is 0 Å². The molecule has 0 bridgehead atoms. The van der Waals surface area contributed by atoms with Crippen LogP contribution in [-0.2, 0) is 4.79 Å². The summed E-state index contributed by atoms with van der Waals surface area (Å²) < 4.78 is 5.11. The quantitative estimate of drug-likeness (QED) is 0.738. The van der Waals surface area contributed by atoms with Crippen LogP contribution in [0, 0.1) is 6.92 Å². The van der Waals surface area contributed by atoms with Crippen LogP contribution in [0.3, 0.4) is 0 Å². The Bertz CT molecular complexity index is 422. The number of carboxylic acids is 1. The molecule has 0 saturated heterocycles. The molecule has 0 saturated carbocycles. The molecule has 0 aliphatic rings. The first-order valence-electron chi connectivity index (χ1n) is 5.25. The summed E-state index contributed by atoms with van der Waals surface area (Å²) in [6.45, 7) is 5.22. The number of carboxylic acid groups (broad SMARTS) is 1. The minimum Gasteiger partial charge on any atom is -0.480 e. The average Bonchev–Trinajstić information content (AvgIpc) is 2.70. The predicted octanol–water partition coefficient (Wildman–Crippen LogP) is 1.74. The zero-order valence-electron chi connectivity index (χ0n) is 9.60. The number of aryl methyl sites for hydroxylation is 1. The molecular weight excluding hydrogens is 222 g/mol. The summed E-state index contributed by atoms with van der Waals surface area (Å²) >= 11 is 0. The van der Waals surface area contributed by atoms with Crippen LogP contribution in [0.4, 0.5) is 0 Å². The van der Waals surface area contributed by atoms with Gasteiger partial charge in [0.05, 0.1) is 0 Å². The lowest BCUT2D eigenvalue weighted by Crippen LogP contribution is -2.40. The molecule has 1 rings (SSSR count). The Balaban J connectivity index is 2.63. The molecule has 2 N–H and O–H groups in total. The van der Waals surface area contributed by atoms with Gasteiger partial charge in [0.15, 0.2) is 5.76 Å². The molecule has 1 heterocycles. The predicted molar refractivity (Wildman–Crippen MR) is 61.8 cm³/mol. The highest BCUT2D eigenvalue weighted by molar-refractivity contribution is 5.94. The monoisotopic (exact) mass is 237 g/mol. The Labute approximate surface area is 99.1 Å². The van der Waals surface area contributed by atoms with Crippen molar-refractivity contribution in [3.05, 3.63) is 36.3 Å². The summed E-state index contributed by atoms with van der Waals surface area (Å²) in [7, 11) is 0. The average molecular weight is 237 g/mol. The summed E-state index contributed by atoms with van der Waals surface area (Å²) in [4.78, 5) is 22.5. The lowest BCUT2D eigenvalue weighted by atomic mass is 10.1. The van der Waals surface area contributed by atoms with E-state index in [1.54, 1.807) is 19.1 Å². The fourth-order valence-electron chi connectivity index (χ4n) is 1.33. The van der Waals surface area contributed by atoms with Gasteiger partial charge >= 0.3 is 5.97 Å². The van der Waals surface area contributed by atoms with E-state index in [-0.39, 0.29) is 5.76 Å². The first kappa shape index (κ1) is 13.0. The molecule has 0 radical (unpaired) electrons. The molecule has 1 atom stereocenters. The van der Waals surface area contributed by atoms with E-state index in [0.29, 0.717) is 18.6 Å². The van der Waals surface area contributed by atoms with Gasteiger partial charge in [0.1, 0.15) is 11.8 Å². The molecule has 1 amide bonds. The van der Waals surface area contributed by atoms with Crippen LogP contribution in [0.1, 0.15) is 29.2 Å². The van der Waals surface area contributed by atoms with Gasteiger partial charge < -0.3 is 14.8 Å². The van der Waals surface area contributed by atoms with Crippen LogP contribution in [-0.4, -0.2) is 23.0 Å². The van der Waals surface area contributed by atoms with Gasteiger partial charge in [-0.05, 0) is 31.9 Å². The number of hydrogen-bond donors (Lipinski definition) is 2. The van der Waals surface area contributed by atoms with Crippen molar-refractivity contribution >= 4 is 11.9 Å². The van der Waals surface area contributed by atoms with Crippen molar-refractivity contribution in [1.82, 2.24) is 5.32 Å². The number of carbonyl (C=O) groups is 2. The van der Waals surface area contributed by atoms with Crippen molar-refractivity contribution in [3.8, 4) is 0 Å². The smallest absolute Gasteiger partial charge is 0.326 e. The third-order valence-electron chi connectivity index (χ3n) is 2.23. The van der Waals surface area contributed by atoms with Gasteiger partial charge in [0.25, 0.3) is 5.91 Å². The van der Waals surface area contributed by atoms with E-state index < -0.39 is 17.9 Å². The van der Waals surface area contributed by atoms with Gasteiger partial charge in [0.2, 0.25) is 0 Å². The van der Waals surface area contributed by atoms with Gasteiger partial charge in [-0.1, -0.05) is 6.08 Å². The highest BCUT2D eigenvalue weighted by atomic mass is 16.4. The second-order valence-corrected chi connectivity index (χ2v) is 3.64. The normalized spacial score (nSPS) is 11.8. The summed E-state index contributed by atoms with van der Waals surface area (Å²) in [6, 6.07) is 2.23. The number of aliphatic carboxylic acids is 1. The second-order valence-electron chi connectivity index (χ2n) is 3.64. The molecule has 0 aromatic carbocycles. The summed E-state index contributed by atoms with van der Waals surface area (Å²) in [5.74, 6) is -0.862. The molecule has 0 aliphatic carbocycles. The molecule has 1 aromatic rings. The molecule has 92 valence electrons. The van der Waals surface area contributed by atoms with E-state index in [0.717, 1.165) is 0 Å². The summed E-state index contributed by atoms with van der Waals surface area (Å²) in [6.07, 6.45) is 2.44. The third-order valence-corrected chi connectivity index (χ3v) is 2.23. The largest absolute Gasteiger partial charge is 0.480 e. The molecule has 5 heteroatoms. The lowest BCUT2D eigenvalue weighted by molar-refractivity contribution is -0.139. The number of rotatable bonds is 6. The van der Waals surface area contributed by atoms with Crippen molar-refractivity contribution in [2.45, 2.75) is 25.8 Å². The van der Waals surface area contributed by atoms with Crippen molar-refractivity contribution in [3.63, 3.8) is 0 Å². The fourth-order valence-corrected chi connectivity index (χ4v) is 1.33. The highest BCUT2D eigenvalue weighted by Gasteiger charge is 2.21. The number of nitrogens with one attached hydrogen (secondary N) is 1. The molecule has 0 fully saturated rings. The van der Waals surface area contributed by atoms with E-state index in [9.17, 15) is 9.59 Å². The van der Waals surface area contributed by atoms with Crippen LogP contribution < -0.4 is 5.32 Å². The molecule has 1 aromatic heterocycles. The Kier molecular flexibility index (Phi) is 4.51. The van der Waals surface area contributed by atoms with Gasteiger partial charge in [-0.2, -0.15) is 0 Å². The topological polar surface area (TPSA) is 79.5 Å². The number of furan rings is 1. The van der Waals surface area contributed by atoms with E-state index in [1.807, 2.05) is 0 Å². The first-order chi connectivity index (χ1) is 8.04. The van der Waals surface area contributed by atoms with Crippen molar-refractivity contribution in [1.29, 1.82) is 0 Å². The molecular formula is C12H15NO4. The van der Waals surface area contributed by atoms with E-state index in [4.69, 9.17) is 9.52 Å². The van der Waals surface area contributed by atoms with E-state index >= 15 is 0 Å². The molecule has 1 unspecified atom stereocenters. The zero-order chi connectivity index (χ0) is 12.8. The van der Waals surface area contributed by atoms with Crippen molar-refractivity contribution < 1.29 is 19.1 Å². The second kappa shape index (κ2) is 5.89. The maximum atomic E-state index is 11.6. The first-order valence-corrected chi connectivity index (χ1v) is 5.25. The van der Waals surface area contributed by atoms with Crippen LogP contribution in [0.15, 0.2) is 29.2 Å². The number of amides is 1. The van der Waals surface area contributed by atoms with E-state index in [2.05, 4.69) is 11.9 Å². The molecule has 17 heavy (non-hydrogen) atoms. The maximum Gasteiger partial charge on any atom is 0.326 e. The minimum absolute atomic E-state index is 0.118. The Morgan fingerprint density at radius 1 is 1.59 bits per heavy atom. The van der Waals surface area contributed by atoms with Gasteiger partial charge in [-0.3, -0.25) is 4.79 Å². The Morgan fingerprint density at radius 3 is 2.76 bits per heavy atom. The van der Waals surface area contributed by atoms with Gasteiger partial charge in [0, 0.05) is 0 Å². The molecule has 0 aliphatic heterocycles. The Morgan fingerprint density at radius 2 is 2.29 bits per heavy atom. The summed E-state index contributed by atoms with van der Waals surface area (Å²) in [5.41, 5.74) is 0. The molecule has 0 spiro atoms. The number of carbonyl (C=O) groups excluding carboxylic acids is 1. The van der Waals surface area contributed by atoms with E-state index in [1.165, 1.54) is 6.07 Å². The van der Waals surface area contributed by atoms with Crippen LogP contribution in [0.25, 0.3) is 0 Å². The van der Waals surface area contributed by atoms with Crippen LogP contribution in [0.2, 0.25) is 0 Å². The maximum absolute atomic E-state index is 11.6.